The van der Waals surface area contributed by atoms with Crippen molar-refractivity contribution in [3.05, 3.63) is 140 Å². The summed E-state index contributed by atoms with van der Waals surface area (Å²) in [4.78, 5) is 28.9. The Morgan fingerprint density at radius 2 is 1.10 bits per heavy atom. The van der Waals surface area contributed by atoms with Crippen LogP contribution in [0.15, 0.2) is 107 Å². The fraction of sp³-hybridized carbons (Fsp3) is 0.0833. The zero-order valence-electron chi connectivity index (χ0n) is 16.0. The standard InChI is InChI=1S/C24H20N2O4/c27-21-16-20(22(28)29)25-23(30)26(21)24(17-10-4-1-5-11-17,18-12-6-2-7-13-18)19-14-8-3-9-15-19/h1-16,22,28-29H,(H,25,30). The number of aliphatic hydroxyl groups excluding tert-OH is 1. The summed E-state index contributed by atoms with van der Waals surface area (Å²) in [5, 5.41) is 18.9. The molecule has 0 atom stereocenters. The van der Waals surface area contributed by atoms with Crippen molar-refractivity contribution in [3.8, 4) is 0 Å². The molecule has 6 heteroatoms. The molecule has 3 N–H and O–H groups in total. The van der Waals surface area contributed by atoms with Crippen LogP contribution in [0, 0.1) is 0 Å². The van der Waals surface area contributed by atoms with Gasteiger partial charge in [0.1, 0.15) is 5.54 Å². The Morgan fingerprint density at radius 3 is 1.43 bits per heavy atom. The molecule has 0 radical (unpaired) electrons. The maximum Gasteiger partial charge on any atom is 0.330 e. The predicted octanol–water partition coefficient (Wildman–Crippen LogP) is 2.36. The van der Waals surface area contributed by atoms with Crippen LogP contribution in [0.5, 0.6) is 0 Å². The zero-order chi connectivity index (χ0) is 21.1. The van der Waals surface area contributed by atoms with Gasteiger partial charge in [-0.05, 0) is 16.7 Å². The fourth-order valence-electron chi connectivity index (χ4n) is 3.90. The number of aromatic nitrogens is 2. The molecule has 0 aliphatic heterocycles. The Balaban J connectivity index is 2.21. The van der Waals surface area contributed by atoms with Crippen LogP contribution in [0.4, 0.5) is 0 Å². The van der Waals surface area contributed by atoms with Gasteiger partial charge in [0.15, 0.2) is 6.29 Å². The van der Waals surface area contributed by atoms with E-state index >= 15 is 0 Å². The van der Waals surface area contributed by atoms with Crippen molar-refractivity contribution < 1.29 is 10.2 Å². The van der Waals surface area contributed by atoms with E-state index in [-0.39, 0.29) is 5.69 Å². The maximum atomic E-state index is 13.3. The molecule has 30 heavy (non-hydrogen) atoms. The normalized spacial score (nSPS) is 11.6. The second-order valence-electron chi connectivity index (χ2n) is 6.89. The summed E-state index contributed by atoms with van der Waals surface area (Å²) in [7, 11) is 0. The van der Waals surface area contributed by atoms with Crippen molar-refractivity contribution in [3.63, 3.8) is 0 Å². The number of H-pyrrole nitrogens is 1. The molecule has 4 aromatic rings. The number of aromatic amines is 1. The van der Waals surface area contributed by atoms with Gasteiger partial charge in [0, 0.05) is 6.07 Å². The molecule has 0 saturated heterocycles. The molecule has 0 spiro atoms. The number of rotatable bonds is 5. The van der Waals surface area contributed by atoms with E-state index in [1.165, 1.54) is 0 Å². The van der Waals surface area contributed by atoms with Gasteiger partial charge in [-0.15, -0.1) is 0 Å². The Morgan fingerprint density at radius 1 is 0.700 bits per heavy atom. The van der Waals surface area contributed by atoms with E-state index in [0.29, 0.717) is 16.7 Å². The third kappa shape index (κ3) is 3.18. The Kier molecular flexibility index (Phi) is 5.18. The number of hydrogen-bond acceptors (Lipinski definition) is 4. The van der Waals surface area contributed by atoms with E-state index in [1.54, 1.807) is 0 Å². The van der Waals surface area contributed by atoms with Crippen LogP contribution in [0.1, 0.15) is 28.7 Å². The molecular formula is C24H20N2O4. The Bertz CT molecular complexity index is 1120. The first-order valence-corrected chi connectivity index (χ1v) is 9.44. The number of hydrogen-bond donors (Lipinski definition) is 3. The lowest BCUT2D eigenvalue weighted by molar-refractivity contribution is -0.0463. The number of nitrogens with zero attached hydrogens (tertiary/aromatic N) is 1. The number of benzene rings is 3. The summed E-state index contributed by atoms with van der Waals surface area (Å²) in [5.41, 5.74) is -0.787. The van der Waals surface area contributed by atoms with Crippen molar-refractivity contribution in [1.82, 2.24) is 9.55 Å². The molecule has 0 bridgehead atoms. The summed E-state index contributed by atoms with van der Waals surface area (Å²) in [6.07, 6.45) is -1.96. The summed E-state index contributed by atoms with van der Waals surface area (Å²) >= 11 is 0. The van der Waals surface area contributed by atoms with Gasteiger partial charge in [-0.2, -0.15) is 0 Å². The van der Waals surface area contributed by atoms with Gasteiger partial charge >= 0.3 is 5.69 Å². The van der Waals surface area contributed by atoms with Crippen LogP contribution in [-0.2, 0) is 5.54 Å². The SMILES string of the molecule is O=c1cc(C(O)O)[nH]c(=O)n1C(c1ccccc1)(c1ccccc1)c1ccccc1. The van der Waals surface area contributed by atoms with Gasteiger partial charge in [-0.1, -0.05) is 91.0 Å². The lowest BCUT2D eigenvalue weighted by Crippen LogP contribution is -2.51. The molecule has 0 unspecified atom stereocenters. The van der Waals surface area contributed by atoms with Crippen molar-refractivity contribution in [2.24, 2.45) is 0 Å². The third-order valence-electron chi connectivity index (χ3n) is 5.14. The largest absolute Gasteiger partial charge is 0.363 e. The van der Waals surface area contributed by atoms with Crippen molar-refractivity contribution in [1.29, 1.82) is 0 Å². The monoisotopic (exact) mass is 400 g/mol. The molecular weight excluding hydrogens is 380 g/mol. The van der Waals surface area contributed by atoms with Gasteiger partial charge in [-0.25, -0.2) is 9.36 Å². The molecule has 150 valence electrons. The van der Waals surface area contributed by atoms with Crippen LogP contribution < -0.4 is 11.2 Å². The topological polar surface area (TPSA) is 95.3 Å². The average Bonchev–Trinajstić information content (AvgIpc) is 2.78. The lowest BCUT2D eigenvalue weighted by Gasteiger charge is -2.37. The summed E-state index contributed by atoms with van der Waals surface area (Å²) in [5.74, 6) is 0. The van der Waals surface area contributed by atoms with Crippen LogP contribution in [0.25, 0.3) is 0 Å². The molecule has 1 aromatic heterocycles. The van der Waals surface area contributed by atoms with E-state index in [1.807, 2.05) is 91.0 Å². The zero-order valence-corrected chi connectivity index (χ0v) is 16.0. The van der Waals surface area contributed by atoms with Gasteiger partial charge in [0.25, 0.3) is 5.56 Å². The Labute approximate surface area is 172 Å². The minimum Gasteiger partial charge on any atom is -0.363 e. The van der Waals surface area contributed by atoms with Gasteiger partial charge in [0.2, 0.25) is 0 Å². The molecule has 0 aliphatic rings. The second kappa shape index (κ2) is 7.94. The van der Waals surface area contributed by atoms with Crippen LogP contribution in [-0.4, -0.2) is 19.8 Å². The van der Waals surface area contributed by atoms with E-state index in [0.717, 1.165) is 10.6 Å². The summed E-state index contributed by atoms with van der Waals surface area (Å²) in [6, 6.07) is 28.9. The molecule has 1 heterocycles. The number of nitrogens with one attached hydrogen (secondary N) is 1. The molecule has 6 nitrogen and oxygen atoms in total. The van der Waals surface area contributed by atoms with Gasteiger partial charge in [0.05, 0.1) is 5.69 Å². The van der Waals surface area contributed by atoms with Crippen molar-refractivity contribution in [2.45, 2.75) is 11.8 Å². The minimum absolute atomic E-state index is 0.260. The maximum absolute atomic E-state index is 13.3. The predicted molar refractivity (Wildman–Crippen MR) is 113 cm³/mol. The van der Waals surface area contributed by atoms with E-state index in [4.69, 9.17) is 0 Å². The molecule has 3 aromatic carbocycles. The summed E-state index contributed by atoms with van der Waals surface area (Å²) in [6.45, 7) is 0. The van der Waals surface area contributed by atoms with Crippen LogP contribution in [0.3, 0.4) is 0 Å². The minimum atomic E-state index is -1.96. The first-order valence-electron chi connectivity index (χ1n) is 9.44. The van der Waals surface area contributed by atoms with Crippen LogP contribution >= 0.6 is 0 Å². The Hall–Kier alpha value is -3.74. The molecule has 0 aliphatic carbocycles. The van der Waals surface area contributed by atoms with E-state index < -0.39 is 23.1 Å². The first-order chi connectivity index (χ1) is 14.5. The van der Waals surface area contributed by atoms with Crippen molar-refractivity contribution >= 4 is 0 Å². The quantitative estimate of drug-likeness (QED) is 0.354. The van der Waals surface area contributed by atoms with Crippen LogP contribution in [0.2, 0.25) is 0 Å². The average molecular weight is 400 g/mol. The summed E-state index contributed by atoms with van der Waals surface area (Å²) < 4.78 is 1.12. The highest BCUT2D eigenvalue weighted by atomic mass is 16.5. The van der Waals surface area contributed by atoms with Crippen molar-refractivity contribution in [2.75, 3.05) is 0 Å². The molecule has 4 rings (SSSR count). The molecule has 0 saturated carbocycles. The number of aliphatic hydroxyl groups is 2. The fourth-order valence-corrected chi connectivity index (χ4v) is 3.90. The molecule has 0 fully saturated rings. The first kappa shape index (κ1) is 19.6. The third-order valence-corrected chi connectivity index (χ3v) is 5.14. The highest BCUT2D eigenvalue weighted by Crippen LogP contribution is 2.38. The second-order valence-corrected chi connectivity index (χ2v) is 6.89. The van der Waals surface area contributed by atoms with Gasteiger partial charge in [-0.3, -0.25) is 4.79 Å². The molecule has 0 amide bonds. The van der Waals surface area contributed by atoms with E-state index in [9.17, 15) is 19.8 Å². The van der Waals surface area contributed by atoms with Gasteiger partial charge < -0.3 is 15.2 Å². The lowest BCUT2D eigenvalue weighted by atomic mass is 9.76. The highest BCUT2D eigenvalue weighted by Gasteiger charge is 2.40. The smallest absolute Gasteiger partial charge is 0.330 e. The van der Waals surface area contributed by atoms with E-state index in [2.05, 4.69) is 4.98 Å². The highest BCUT2D eigenvalue weighted by molar-refractivity contribution is 5.50.